The summed E-state index contributed by atoms with van der Waals surface area (Å²) in [7, 11) is 3.66. The van der Waals surface area contributed by atoms with E-state index in [1.807, 2.05) is 24.3 Å². The van der Waals surface area contributed by atoms with Crippen LogP contribution in [0.15, 0.2) is 54.6 Å². The van der Waals surface area contributed by atoms with Crippen molar-refractivity contribution in [2.45, 2.75) is 17.9 Å². The fourth-order valence-corrected chi connectivity index (χ4v) is 3.66. The molecule has 2 aromatic carbocycles. The molecule has 0 radical (unpaired) electrons. The van der Waals surface area contributed by atoms with Crippen molar-refractivity contribution in [3.05, 3.63) is 65.7 Å². The first-order chi connectivity index (χ1) is 13.5. The number of ketones is 1. The van der Waals surface area contributed by atoms with E-state index in [9.17, 15) is 23.1 Å². The predicted octanol–water partition coefficient (Wildman–Crippen LogP) is 3.02. The smallest absolute Gasteiger partial charge is 0.378 e. The first-order valence-corrected chi connectivity index (χ1v) is 9.20. The van der Waals surface area contributed by atoms with Crippen LogP contribution in [0, 0.1) is 5.92 Å². The van der Waals surface area contributed by atoms with E-state index in [1.54, 1.807) is 42.5 Å². The van der Waals surface area contributed by atoms with Crippen molar-refractivity contribution in [3.8, 4) is 0 Å². The highest BCUT2D eigenvalue weighted by molar-refractivity contribution is 7.80. The summed E-state index contributed by atoms with van der Waals surface area (Å²) in [5.41, 5.74) is -2.22. The number of thiocarbonyl (C=S) groups is 1. The zero-order valence-corrected chi connectivity index (χ0v) is 16.5. The average molecular weight is 423 g/mol. The lowest BCUT2D eigenvalue weighted by atomic mass is 9.77. The molecule has 0 saturated carbocycles. The zero-order valence-electron chi connectivity index (χ0n) is 15.7. The lowest BCUT2D eigenvalue weighted by Crippen LogP contribution is -2.72. The number of halogens is 3. The van der Waals surface area contributed by atoms with Gasteiger partial charge in [0.1, 0.15) is 5.92 Å². The van der Waals surface area contributed by atoms with E-state index in [1.165, 1.54) is 12.1 Å². The molecule has 1 aliphatic rings. The normalized spacial score (nSPS) is 24.4. The topological polar surface area (TPSA) is 64.6 Å². The molecule has 5 nitrogen and oxygen atoms in total. The van der Waals surface area contributed by atoms with Gasteiger partial charge in [0.2, 0.25) is 5.72 Å². The van der Waals surface area contributed by atoms with Gasteiger partial charge in [0.05, 0.1) is 6.04 Å². The van der Waals surface area contributed by atoms with Gasteiger partial charge in [0.25, 0.3) is 0 Å². The Morgan fingerprint density at radius 2 is 1.69 bits per heavy atom. The maximum atomic E-state index is 13.9. The van der Waals surface area contributed by atoms with Crippen LogP contribution in [0.1, 0.15) is 22.0 Å². The van der Waals surface area contributed by atoms with Gasteiger partial charge in [-0.2, -0.15) is 13.2 Å². The predicted molar refractivity (Wildman–Crippen MR) is 108 cm³/mol. The van der Waals surface area contributed by atoms with Crippen LogP contribution >= 0.6 is 12.2 Å². The van der Waals surface area contributed by atoms with Crippen LogP contribution < -0.4 is 15.5 Å². The molecule has 0 unspecified atom stereocenters. The van der Waals surface area contributed by atoms with Crippen molar-refractivity contribution < 1.29 is 23.1 Å². The van der Waals surface area contributed by atoms with Gasteiger partial charge in [0.15, 0.2) is 10.9 Å². The van der Waals surface area contributed by atoms with Crippen molar-refractivity contribution in [1.82, 2.24) is 10.6 Å². The van der Waals surface area contributed by atoms with Crippen molar-refractivity contribution in [2.24, 2.45) is 5.92 Å². The lowest BCUT2D eigenvalue weighted by Gasteiger charge is -2.46. The molecule has 154 valence electrons. The van der Waals surface area contributed by atoms with E-state index in [0.717, 1.165) is 5.69 Å². The maximum Gasteiger partial charge on any atom is 0.437 e. The Labute approximate surface area is 171 Å². The number of aliphatic hydroxyl groups is 1. The van der Waals surface area contributed by atoms with Crippen molar-refractivity contribution >= 4 is 28.8 Å². The molecule has 0 bridgehead atoms. The van der Waals surface area contributed by atoms with Crippen LogP contribution in [0.25, 0.3) is 0 Å². The summed E-state index contributed by atoms with van der Waals surface area (Å²) in [6.07, 6.45) is -5.14. The second kappa shape index (κ2) is 7.64. The minimum atomic E-state index is -5.14. The molecule has 3 atom stereocenters. The van der Waals surface area contributed by atoms with Gasteiger partial charge in [0, 0.05) is 25.3 Å². The number of benzene rings is 2. The van der Waals surface area contributed by atoms with Crippen LogP contribution in [0.2, 0.25) is 0 Å². The minimum Gasteiger partial charge on any atom is -0.378 e. The molecule has 29 heavy (non-hydrogen) atoms. The number of nitrogens with one attached hydrogen (secondary N) is 2. The zero-order chi connectivity index (χ0) is 21.4. The molecule has 9 heteroatoms. The molecule has 0 amide bonds. The number of nitrogens with zero attached hydrogens (tertiary/aromatic N) is 1. The molecule has 1 fully saturated rings. The molecule has 1 aliphatic heterocycles. The Morgan fingerprint density at radius 3 is 2.21 bits per heavy atom. The molecular weight excluding hydrogens is 403 g/mol. The summed E-state index contributed by atoms with van der Waals surface area (Å²) >= 11 is 4.92. The number of carbonyl (C=O) groups excluding carboxylic acids is 1. The molecule has 3 N–H and O–H groups in total. The molecule has 0 spiro atoms. The molecule has 1 heterocycles. The van der Waals surface area contributed by atoms with E-state index < -0.39 is 29.6 Å². The summed E-state index contributed by atoms with van der Waals surface area (Å²) in [5, 5.41) is 14.9. The number of hydrogen-bond acceptors (Lipinski definition) is 4. The van der Waals surface area contributed by atoms with Crippen molar-refractivity contribution in [1.29, 1.82) is 0 Å². The van der Waals surface area contributed by atoms with Gasteiger partial charge in [-0.05, 0) is 29.9 Å². The lowest BCUT2D eigenvalue weighted by molar-refractivity contribution is -0.285. The van der Waals surface area contributed by atoms with Crippen LogP contribution in [-0.4, -0.2) is 42.0 Å². The van der Waals surface area contributed by atoms with Crippen LogP contribution in [0.3, 0.4) is 0 Å². The molecule has 2 aromatic rings. The van der Waals surface area contributed by atoms with Crippen LogP contribution in [0.4, 0.5) is 18.9 Å². The quantitative estimate of drug-likeness (QED) is 0.519. The summed E-state index contributed by atoms with van der Waals surface area (Å²) in [5.74, 6) is -2.75. The minimum absolute atomic E-state index is 0.0616. The second-order valence-corrected chi connectivity index (χ2v) is 7.44. The molecular formula is C20H20F3N3O2S. The number of carbonyl (C=O) groups is 1. The summed E-state index contributed by atoms with van der Waals surface area (Å²) in [4.78, 5) is 15.0. The van der Waals surface area contributed by atoms with Gasteiger partial charge in [-0.3, -0.25) is 4.79 Å². The van der Waals surface area contributed by atoms with Crippen LogP contribution in [-0.2, 0) is 0 Å². The fraction of sp³-hybridized carbons (Fsp3) is 0.300. The third kappa shape index (κ3) is 3.92. The fourth-order valence-electron chi connectivity index (χ4n) is 3.38. The number of anilines is 1. The highest BCUT2D eigenvalue weighted by Crippen LogP contribution is 2.44. The third-order valence-corrected chi connectivity index (χ3v) is 5.14. The SMILES string of the molecule is CN(C)c1ccc([C@@H]2NC(=S)N[C@@](O)(C(F)(F)F)[C@H]2C(=O)c2ccccc2)cc1. The molecule has 0 aliphatic carbocycles. The number of alkyl halides is 3. The third-order valence-electron chi connectivity index (χ3n) is 4.92. The molecule has 0 aromatic heterocycles. The van der Waals surface area contributed by atoms with E-state index in [0.29, 0.717) is 5.56 Å². The highest BCUT2D eigenvalue weighted by atomic mass is 32.1. The number of Topliss-reactive ketones (excluding diaryl/α,β-unsaturated/α-hetero) is 1. The van der Waals surface area contributed by atoms with Gasteiger partial charge in [-0.15, -0.1) is 0 Å². The molecule has 1 saturated heterocycles. The van der Waals surface area contributed by atoms with Gasteiger partial charge >= 0.3 is 6.18 Å². The van der Waals surface area contributed by atoms with Gasteiger partial charge in [-0.25, -0.2) is 0 Å². The van der Waals surface area contributed by atoms with Crippen molar-refractivity contribution in [2.75, 3.05) is 19.0 Å². The average Bonchev–Trinajstić information content (AvgIpc) is 2.67. The summed E-state index contributed by atoms with van der Waals surface area (Å²) in [6, 6.07) is 13.1. The number of rotatable bonds is 4. The van der Waals surface area contributed by atoms with E-state index in [2.05, 4.69) is 5.32 Å². The first-order valence-electron chi connectivity index (χ1n) is 8.79. The van der Waals surface area contributed by atoms with Crippen LogP contribution in [0.5, 0.6) is 0 Å². The standard InChI is InChI=1S/C20H20F3N3O2S/c1-26(2)14-10-8-12(9-11-14)16-15(17(27)13-6-4-3-5-7-13)19(28,20(21,22)23)25-18(29)24-16/h3-11,15-16,28H,1-2H3,(H2,24,25,29)/t15-,16+,19+/m1/s1. The van der Waals surface area contributed by atoms with E-state index in [-0.39, 0.29) is 10.7 Å². The Balaban J connectivity index is 2.13. The Kier molecular flexibility index (Phi) is 5.55. The highest BCUT2D eigenvalue weighted by Gasteiger charge is 2.65. The Morgan fingerprint density at radius 1 is 1.10 bits per heavy atom. The largest absolute Gasteiger partial charge is 0.437 e. The summed E-state index contributed by atoms with van der Waals surface area (Å²) < 4.78 is 41.8. The Bertz CT molecular complexity index is 903. The van der Waals surface area contributed by atoms with Gasteiger partial charge in [-0.1, -0.05) is 42.5 Å². The van der Waals surface area contributed by atoms with E-state index >= 15 is 0 Å². The molecule has 3 rings (SSSR count). The Hall–Kier alpha value is -2.65. The monoisotopic (exact) mass is 423 g/mol. The van der Waals surface area contributed by atoms with Gasteiger partial charge < -0.3 is 20.6 Å². The second-order valence-electron chi connectivity index (χ2n) is 7.03. The van der Waals surface area contributed by atoms with Crippen molar-refractivity contribution in [3.63, 3.8) is 0 Å². The van der Waals surface area contributed by atoms with E-state index in [4.69, 9.17) is 12.2 Å². The summed E-state index contributed by atoms with van der Waals surface area (Å²) in [6.45, 7) is 0. The number of hydrogen-bond donors (Lipinski definition) is 3. The maximum absolute atomic E-state index is 13.9. The first kappa shape index (κ1) is 21.1.